The summed E-state index contributed by atoms with van der Waals surface area (Å²) in [5.74, 6) is 1.21. The fourth-order valence-electron chi connectivity index (χ4n) is 5.47. The Kier molecular flexibility index (Phi) is 15.2. The van der Waals surface area contributed by atoms with Crippen LogP contribution in [0.5, 0.6) is 6.01 Å². The van der Waals surface area contributed by atoms with Gasteiger partial charge in [-0.15, -0.1) is 0 Å². The van der Waals surface area contributed by atoms with Crippen LogP contribution in [0.25, 0.3) is 0 Å². The molecule has 1 fully saturated rings. The molecule has 226 valence electrons. The molecule has 2 heterocycles. The zero-order valence-corrected chi connectivity index (χ0v) is 26.5. The van der Waals surface area contributed by atoms with Gasteiger partial charge in [0.15, 0.2) is 0 Å². The van der Waals surface area contributed by atoms with Crippen molar-refractivity contribution in [3.63, 3.8) is 0 Å². The van der Waals surface area contributed by atoms with Crippen molar-refractivity contribution in [1.29, 1.82) is 5.26 Å². The first-order chi connectivity index (χ1) is 19.8. The molecule has 1 aliphatic rings. The first kappa shape index (κ1) is 34.1. The lowest BCUT2D eigenvalue weighted by Crippen LogP contribution is -2.55. The maximum Gasteiger partial charge on any atom is 0.318 e. The maximum absolute atomic E-state index is 12.5. The number of piperazine rings is 1. The number of nitrogens with zero attached hydrogens (tertiary/aromatic N) is 5. The molecule has 7 nitrogen and oxygen atoms in total. The number of rotatable bonds is 17. The van der Waals surface area contributed by atoms with Crippen LogP contribution in [0.3, 0.4) is 0 Å². The highest BCUT2D eigenvalue weighted by Gasteiger charge is 2.31. The van der Waals surface area contributed by atoms with Crippen molar-refractivity contribution in [3.8, 4) is 12.1 Å². The fourth-order valence-corrected chi connectivity index (χ4v) is 5.47. The summed E-state index contributed by atoms with van der Waals surface area (Å²) >= 11 is 0. The molecule has 0 N–H and O–H groups in total. The number of hydrogen-bond acceptors (Lipinski definition) is 6. The summed E-state index contributed by atoms with van der Waals surface area (Å²) in [4.78, 5) is 26.4. The molecule has 2 rings (SSSR count). The van der Waals surface area contributed by atoms with E-state index in [1.807, 2.05) is 0 Å². The van der Waals surface area contributed by atoms with Gasteiger partial charge in [0.1, 0.15) is 5.82 Å². The van der Waals surface area contributed by atoms with Gasteiger partial charge in [-0.2, -0.15) is 15.2 Å². The lowest BCUT2D eigenvalue weighted by molar-refractivity contribution is -0.128. The van der Waals surface area contributed by atoms with Crippen molar-refractivity contribution >= 4 is 11.7 Å². The predicted octanol–water partition coefficient (Wildman–Crippen LogP) is 7.38. The Balaban J connectivity index is 2.35. The number of hydrogen-bond donors (Lipinski definition) is 0. The molecular formula is C34H53N5O2. The van der Waals surface area contributed by atoms with E-state index in [1.165, 1.54) is 35.6 Å². The van der Waals surface area contributed by atoms with Crippen LogP contribution >= 0.6 is 0 Å². The smallest absolute Gasteiger partial charge is 0.318 e. The molecule has 1 amide bonds. The predicted molar refractivity (Wildman–Crippen MR) is 169 cm³/mol. The van der Waals surface area contributed by atoms with Gasteiger partial charge < -0.3 is 14.5 Å². The Bertz CT molecular complexity index is 1090. The largest absolute Gasteiger partial charge is 0.463 e. The van der Waals surface area contributed by atoms with Gasteiger partial charge in [-0.25, -0.2) is 0 Å². The number of aryl methyl sites for hydroxylation is 1. The standard InChI is InChI=1S/C34H53N5O2/c1-8-13-17-26(6)25-41-34-36-31(11-4)30(19-15-14-18-28(16-9-2)27(7)10-3)33(37-34)38-22-23-39(32(40)12-5)29(24-38)20-21-35/h10,12,16,26,29H,5,8-9,11,13-15,17-20,22-25H2,1-4,6-7H3/b27-10-,28-16-/t26-,29-/m0/s1. The normalized spacial score (nSPS) is 16.9. The Morgan fingerprint density at radius 2 is 2.00 bits per heavy atom. The SMILES string of the molecule is C=CC(=O)N1CCN(c2nc(OC[C@@H](C)CCCC)nc(CC)c2CCCCC(=C/CC)/C(C)=C\C)C[C@@H]1CC#N. The van der Waals surface area contributed by atoms with Crippen molar-refractivity contribution in [2.24, 2.45) is 5.92 Å². The van der Waals surface area contributed by atoms with E-state index in [0.29, 0.717) is 38.2 Å². The molecule has 0 saturated carbocycles. The van der Waals surface area contributed by atoms with E-state index in [-0.39, 0.29) is 18.4 Å². The Morgan fingerprint density at radius 3 is 2.63 bits per heavy atom. The number of ether oxygens (including phenoxy) is 1. The van der Waals surface area contributed by atoms with E-state index in [2.05, 4.69) is 71.2 Å². The average molecular weight is 564 g/mol. The van der Waals surface area contributed by atoms with Crippen LogP contribution in [0.2, 0.25) is 0 Å². The van der Waals surface area contributed by atoms with Crippen molar-refractivity contribution in [1.82, 2.24) is 14.9 Å². The molecule has 0 aliphatic carbocycles. The van der Waals surface area contributed by atoms with E-state index in [4.69, 9.17) is 14.7 Å². The molecule has 1 saturated heterocycles. The second-order valence-electron chi connectivity index (χ2n) is 11.2. The molecule has 7 heteroatoms. The molecule has 0 bridgehead atoms. The summed E-state index contributed by atoms with van der Waals surface area (Å²) in [6.07, 6.45) is 15.5. The van der Waals surface area contributed by atoms with E-state index >= 15 is 0 Å². The number of unbranched alkanes of at least 4 members (excludes halogenated alkanes) is 2. The minimum absolute atomic E-state index is 0.125. The van der Waals surface area contributed by atoms with Crippen LogP contribution in [0.15, 0.2) is 36.0 Å². The number of nitriles is 1. The second kappa shape index (κ2) is 18.3. The van der Waals surface area contributed by atoms with Gasteiger partial charge in [0.2, 0.25) is 5.91 Å². The lowest BCUT2D eigenvalue weighted by Gasteiger charge is -2.41. The number of allylic oxidation sites excluding steroid dienone is 4. The first-order valence-electron chi connectivity index (χ1n) is 15.7. The van der Waals surface area contributed by atoms with E-state index < -0.39 is 0 Å². The van der Waals surface area contributed by atoms with Crippen molar-refractivity contribution in [2.75, 3.05) is 31.1 Å². The molecule has 0 radical (unpaired) electrons. The monoisotopic (exact) mass is 563 g/mol. The number of anilines is 1. The van der Waals surface area contributed by atoms with Crippen LogP contribution in [0, 0.1) is 17.2 Å². The third-order valence-electron chi connectivity index (χ3n) is 8.01. The molecular weight excluding hydrogens is 510 g/mol. The summed E-state index contributed by atoms with van der Waals surface area (Å²) in [5, 5.41) is 9.51. The van der Waals surface area contributed by atoms with Gasteiger partial charge in [-0.3, -0.25) is 4.79 Å². The fraction of sp³-hybridized carbons (Fsp3) is 0.647. The second-order valence-corrected chi connectivity index (χ2v) is 11.2. The van der Waals surface area contributed by atoms with Gasteiger partial charge in [0.05, 0.1) is 30.8 Å². The van der Waals surface area contributed by atoms with Crippen LogP contribution in [-0.2, 0) is 17.6 Å². The molecule has 1 aromatic heterocycles. The molecule has 0 unspecified atom stereocenters. The molecule has 1 aliphatic heterocycles. The topological polar surface area (TPSA) is 82.3 Å². The number of carbonyl (C=O) groups excluding carboxylic acids is 1. The van der Waals surface area contributed by atoms with Crippen LogP contribution in [-0.4, -0.2) is 53.1 Å². The van der Waals surface area contributed by atoms with Crippen LogP contribution < -0.4 is 9.64 Å². The minimum atomic E-state index is -0.212. The van der Waals surface area contributed by atoms with Gasteiger partial charge in [0.25, 0.3) is 0 Å². The lowest BCUT2D eigenvalue weighted by atomic mass is 9.97. The van der Waals surface area contributed by atoms with Gasteiger partial charge in [-0.05, 0) is 76.4 Å². The number of carbonyl (C=O) groups is 1. The third kappa shape index (κ3) is 10.3. The summed E-state index contributed by atoms with van der Waals surface area (Å²) in [6.45, 7) is 19.0. The summed E-state index contributed by atoms with van der Waals surface area (Å²) in [7, 11) is 0. The van der Waals surface area contributed by atoms with Crippen molar-refractivity contribution in [2.45, 2.75) is 112 Å². The van der Waals surface area contributed by atoms with Gasteiger partial charge in [0, 0.05) is 25.2 Å². The van der Waals surface area contributed by atoms with E-state index in [0.717, 1.165) is 56.5 Å². The maximum atomic E-state index is 12.5. The highest BCUT2D eigenvalue weighted by Crippen LogP contribution is 2.30. The molecule has 0 spiro atoms. The Hall–Kier alpha value is -3.14. The molecule has 1 aromatic rings. The Labute approximate surface area is 249 Å². The summed E-state index contributed by atoms with van der Waals surface area (Å²) in [5.41, 5.74) is 4.99. The zero-order valence-electron chi connectivity index (χ0n) is 26.5. The van der Waals surface area contributed by atoms with Gasteiger partial charge in [-0.1, -0.05) is 64.8 Å². The molecule has 0 aromatic carbocycles. The van der Waals surface area contributed by atoms with Gasteiger partial charge >= 0.3 is 6.01 Å². The van der Waals surface area contributed by atoms with E-state index in [9.17, 15) is 10.1 Å². The third-order valence-corrected chi connectivity index (χ3v) is 8.01. The van der Waals surface area contributed by atoms with Crippen LogP contribution in [0.1, 0.15) is 104 Å². The molecule has 41 heavy (non-hydrogen) atoms. The Morgan fingerprint density at radius 1 is 1.22 bits per heavy atom. The summed E-state index contributed by atoms with van der Waals surface area (Å²) in [6, 6.07) is 2.49. The minimum Gasteiger partial charge on any atom is -0.463 e. The van der Waals surface area contributed by atoms with E-state index in [1.54, 1.807) is 4.90 Å². The first-order valence-corrected chi connectivity index (χ1v) is 15.7. The van der Waals surface area contributed by atoms with Crippen molar-refractivity contribution in [3.05, 3.63) is 47.2 Å². The highest BCUT2D eigenvalue weighted by atomic mass is 16.5. The summed E-state index contributed by atoms with van der Waals surface area (Å²) < 4.78 is 6.17. The molecule has 2 atom stereocenters. The van der Waals surface area contributed by atoms with Crippen molar-refractivity contribution < 1.29 is 9.53 Å². The van der Waals surface area contributed by atoms with Crippen LogP contribution in [0.4, 0.5) is 5.82 Å². The number of aromatic nitrogens is 2. The quantitative estimate of drug-likeness (QED) is 0.112. The highest BCUT2D eigenvalue weighted by molar-refractivity contribution is 5.87. The number of amides is 1. The zero-order chi connectivity index (χ0) is 30.2. The average Bonchev–Trinajstić information content (AvgIpc) is 2.99.